The number of hydrogen-bond donors (Lipinski definition) is 1. The van der Waals surface area contributed by atoms with Gasteiger partial charge in [-0.1, -0.05) is 17.7 Å². The summed E-state index contributed by atoms with van der Waals surface area (Å²) >= 11 is 6.03. The fraction of sp³-hybridized carbons (Fsp3) is 0.312. The van der Waals surface area contributed by atoms with Crippen LogP contribution in [0.5, 0.6) is 0 Å². The zero-order valence-corrected chi connectivity index (χ0v) is 12.9. The number of anilines is 1. The van der Waals surface area contributed by atoms with E-state index in [1.807, 2.05) is 13.0 Å². The molecular weight excluding hydrogens is 302 g/mol. The number of halogens is 1. The van der Waals surface area contributed by atoms with Crippen LogP contribution in [0.1, 0.15) is 30.0 Å². The summed E-state index contributed by atoms with van der Waals surface area (Å²) in [6.07, 6.45) is 2.19. The van der Waals surface area contributed by atoms with Crippen molar-refractivity contribution < 1.29 is 4.79 Å². The van der Waals surface area contributed by atoms with Crippen LogP contribution in [0.2, 0.25) is 5.02 Å². The second-order valence-electron chi connectivity index (χ2n) is 5.54. The summed E-state index contributed by atoms with van der Waals surface area (Å²) in [4.78, 5) is 23.9. The van der Waals surface area contributed by atoms with E-state index in [1.54, 1.807) is 18.2 Å². The molecule has 1 aromatic heterocycles. The van der Waals surface area contributed by atoms with E-state index in [0.29, 0.717) is 16.6 Å². The largest absolute Gasteiger partial charge is 0.324 e. The number of hydrogen-bond acceptors (Lipinski definition) is 3. The SMILES string of the molecule is Cc1ccc(NC(=O)Cn2nc(C3CC3)ccc2=O)cc1Cl. The summed E-state index contributed by atoms with van der Waals surface area (Å²) in [6.45, 7) is 1.78. The Morgan fingerprint density at radius 1 is 1.36 bits per heavy atom. The molecule has 2 aromatic rings. The summed E-state index contributed by atoms with van der Waals surface area (Å²) in [7, 11) is 0. The molecule has 1 aliphatic rings. The van der Waals surface area contributed by atoms with E-state index >= 15 is 0 Å². The van der Waals surface area contributed by atoms with Crippen LogP contribution in [-0.2, 0) is 11.3 Å². The Balaban J connectivity index is 1.72. The maximum Gasteiger partial charge on any atom is 0.267 e. The first-order valence-electron chi connectivity index (χ1n) is 7.17. The van der Waals surface area contributed by atoms with Crippen LogP contribution in [0.3, 0.4) is 0 Å². The molecular formula is C16H16ClN3O2. The lowest BCUT2D eigenvalue weighted by Crippen LogP contribution is -2.29. The Hall–Kier alpha value is -2.14. The number of nitrogens with zero attached hydrogens (tertiary/aromatic N) is 2. The van der Waals surface area contributed by atoms with Crippen LogP contribution in [0.4, 0.5) is 5.69 Å². The molecule has 0 aliphatic heterocycles. The molecule has 1 aromatic carbocycles. The average Bonchev–Trinajstić information content (AvgIpc) is 3.30. The lowest BCUT2D eigenvalue weighted by Gasteiger charge is -2.09. The number of carbonyl (C=O) groups excluding carboxylic acids is 1. The summed E-state index contributed by atoms with van der Waals surface area (Å²) in [5, 5.41) is 7.58. The predicted molar refractivity (Wildman–Crippen MR) is 85.3 cm³/mol. The van der Waals surface area contributed by atoms with Gasteiger partial charge in [0.15, 0.2) is 0 Å². The Bertz CT molecular complexity index is 781. The van der Waals surface area contributed by atoms with Gasteiger partial charge in [0.2, 0.25) is 5.91 Å². The molecule has 5 nitrogen and oxygen atoms in total. The third-order valence-electron chi connectivity index (χ3n) is 3.63. The summed E-state index contributed by atoms with van der Waals surface area (Å²) in [5.41, 5.74) is 2.15. The topological polar surface area (TPSA) is 64.0 Å². The fourth-order valence-electron chi connectivity index (χ4n) is 2.18. The van der Waals surface area contributed by atoms with Crippen molar-refractivity contribution in [2.45, 2.75) is 32.2 Å². The fourth-order valence-corrected chi connectivity index (χ4v) is 2.36. The first kappa shape index (κ1) is 14.8. The third kappa shape index (κ3) is 3.36. The monoisotopic (exact) mass is 317 g/mol. The molecule has 1 amide bonds. The number of amides is 1. The van der Waals surface area contributed by atoms with E-state index in [9.17, 15) is 9.59 Å². The second-order valence-corrected chi connectivity index (χ2v) is 5.95. The van der Waals surface area contributed by atoms with Gasteiger partial charge in [0.05, 0.1) is 5.69 Å². The van der Waals surface area contributed by atoms with Gasteiger partial charge in [-0.2, -0.15) is 5.10 Å². The van der Waals surface area contributed by atoms with E-state index in [2.05, 4.69) is 10.4 Å². The minimum absolute atomic E-state index is 0.106. The number of aromatic nitrogens is 2. The number of carbonyl (C=O) groups is 1. The van der Waals surface area contributed by atoms with E-state index in [1.165, 1.54) is 10.7 Å². The summed E-state index contributed by atoms with van der Waals surface area (Å²) in [5.74, 6) is 0.133. The minimum atomic E-state index is -0.303. The Morgan fingerprint density at radius 2 is 2.14 bits per heavy atom. The zero-order valence-electron chi connectivity index (χ0n) is 12.2. The molecule has 3 rings (SSSR count). The molecule has 0 atom stereocenters. The highest BCUT2D eigenvalue weighted by atomic mass is 35.5. The van der Waals surface area contributed by atoms with Gasteiger partial charge in [-0.25, -0.2) is 4.68 Å². The van der Waals surface area contributed by atoms with Crippen molar-refractivity contribution in [2.75, 3.05) is 5.32 Å². The van der Waals surface area contributed by atoms with Crippen LogP contribution >= 0.6 is 11.6 Å². The molecule has 1 saturated carbocycles. The highest BCUT2D eigenvalue weighted by Crippen LogP contribution is 2.38. The molecule has 1 aliphatic carbocycles. The van der Waals surface area contributed by atoms with Crippen molar-refractivity contribution in [3.8, 4) is 0 Å². The van der Waals surface area contributed by atoms with Gasteiger partial charge >= 0.3 is 0 Å². The molecule has 0 bridgehead atoms. The van der Waals surface area contributed by atoms with Crippen LogP contribution in [-0.4, -0.2) is 15.7 Å². The van der Waals surface area contributed by atoms with Crippen molar-refractivity contribution in [2.24, 2.45) is 0 Å². The van der Waals surface area contributed by atoms with E-state index in [4.69, 9.17) is 11.6 Å². The Kier molecular flexibility index (Phi) is 3.98. The first-order chi connectivity index (χ1) is 10.5. The van der Waals surface area contributed by atoms with Gasteiger partial charge in [-0.05, 0) is 43.5 Å². The van der Waals surface area contributed by atoms with Gasteiger partial charge in [0, 0.05) is 22.7 Å². The van der Waals surface area contributed by atoms with Crippen molar-refractivity contribution >= 4 is 23.2 Å². The smallest absolute Gasteiger partial charge is 0.267 e. The van der Waals surface area contributed by atoms with Crippen LogP contribution in [0, 0.1) is 6.92 Å². The van der Waals surface area contributed by atoms with Crippen LogP contribution < -0.4 is 10.9 Å². The van der Waals surface area contributed by atoms with Gasteiger partial charge in [0.1, 0.15) is 6.54 Å². The number of benzene rings is 1. The van der Waals surface area contributed by atoms with Crippen LogP contribution in [0.15, 0.2) is 35.1 Å². The maximum absolute atomic E-state index is 12.1. The zero-order chi connectivity index (χ0) is 15.7. The van der Waals surface area contributed by atoms with E-state index < -0.39 is 0 Å². The molecule has 0 unspecified atom stereocenters. The third-order valence-corrected chi connectivity index (χ3v) is 4.04. The lowest BCUT2D eigenvalue weighted by molar-refractivity contribution is -0.117. The highest BCUT2D eigenvalue weighted by molar-refractivity contribution is 6.31. The number of nitrogens with one attached hydrogen (secondary N) is 1. The van der Waals surface area contributed by atoms with E-state index in [-0.39, 0.29) is 18.0 Å². The highest BCUT2D eigenvalue weighted by Gasteiger charge is 2.25. The van der Waals surface area contributed by atoms with Crippen molar-refractivity contribution in [1.82, 2.24) is 9.78 Å². The van der Waals surface area contributed by atoms with Gasteiger partial charge < -0.3 is 5.32 Å². The van der Waals surface area contributed by atoms with Gasteiger partial charge in [0.25, 0.3) is 5.56 Å². The van der Waals surface area contributed by atoms with Gasteiger partial charge in [-0.15, -0.1) is 0 Å². The molecule has 0 radical (unpaired) electrons. The van der Waals surface area contributed by atoms with Crippen molar-refractivity contribution in [1.29, 1.82) is 0 Å². The summed E-state index contributed by atoms with van der Waals surface area (Å²) in [6, 6.07) is 8.50. The Morgan fingerprint density at radius 3 is 2.82 bits per heavy atom. The number of aryl methyl sites for hydroxylation is 1. The summed E-state index contributed by atoms with van der Waals surface area (Å²) < 4.78 is 1.21. The lowest BCUT2D eigenvalue weighted by atomic mass is 10.2. The Labute approximate surface area is 132 Å². The quantitative estimate of drug-likeness (QED) is 0.943. The molecule has 0 spiro atoms. The molecule has 0 saturated heterocycles. The molecule has 1 heterocycles. The van der Waals surface area contributed by atoms with Crippen molar-refractivity contribution in [3.05, 3.63) is 57.0 Å². The molecule has 6 heteroatoms. The first-order valence-corrected chi connectivity index (χ1v) is 7.55. The van der Waals surface area contributed by atoms with Gasteiger partial charge in [-0.3, -0.25) is 9.59 Å². The normalized spacial score (nSPS) is 13.9. The molecule has 22 heavy (non-hydrogen) atoms. The maximum atomic E-state index is 12.1. The molecule has 114 valence electrons. The number of rotatable bonds is 4. The van der Waals surface area contributed by atoms with Crippen molar-refractivity contribution in [3.63, 3.8) is 0 Å². The molecule has 1 N–H and O–H groups in total. The minimum Gasteiger partial charge on any atom is -0.324 e. The average molecular weight is 318 g/mol. The van der Waals surface area contributed by atoms with E-state index in [0.717, 1.165) is 24.1 Å². The second kappa shape index (κ2) is 5.93. The standard InChI is InChI=1S/C16H16ClN3O2/c1-10-2-5-12(8-13(10)17)18-15(21)9-20-16(22)7-6-14(19-20)11-3-4-11/h2,5-8,11H,3-4,9H2,1H3,(H,18,21). The predicted octanol–water partition coefficient (Wildman–Crippen LogP) is 2.72. The molecule has 1 fully saturated rings. The van der Waals surface area contributed by atoms with Crippen LogP contribution in [0.25, 0.3) is 0 Å².